The molecule has 1 heterocycles. The van der Waals surface area contributed by atoms with E-state index in [1.807, 2.05) is 48.7 Å². The second-order valence-corrected chi connectivity index (χ2v) is 7.39. The van der Waals surface area contributed by atoms with E-state index in [-0.39, 0.29) is 6.61 Å². The van der Waals surface area contributed by atoms with E-state index in [2.05, 4.69) is 6.07 Å². The van der Waals surface area contributed by atoms with Crippen LogP contribution < -0.4 is 0 Å². The number of halogens is 1. The van der Waals surface area contributed by atoms with Crippen molar-refractivity contribution < 1.29 is 9.53 Å². The SMILES string of the molecule is CCOC(=O)C1C(c2ccccc2)=NC(SC)=C(C#N)C1c1ccc(Cl)cc1. The fourth-order valence-electron chi connectivity index (χ4n) is 3.33. The van der Waals surface area contributed by atoms with Gasteiger partial charge in [-0.3, -0.25) is 4.79 Å². The van der Waals surface area contributed by atoms with Crippen molar-refractivity contribution in [1.29, 1.82) is 5.26 Å². The van der Waals surface area contributed by atoms with E-state index >= 15 is 0 Å². The van der Waals surface area contributed by atoms with E-state index in [9.17, 15) is 10.1 Å². The van der Waals surface area contributed by atoms with Crippen LogP contribution in [0.25, 0.3) is 0 Å². The second-order valence-electron chi connectivity index (χ2n) is 6.16. The number of nitrogens with zero attached hydrogens (tertiary/aromatic N) is 2. The minimum Gasteiger partial charge on any atom is -0.465 e. The first kappa shape index (κ1) is 20.2. The van der Waals surface area contributed by atoms with Crippen LogP contribution in [0.15, 0.2) is 70.2 Å². The summed E-state index contributed by atoms with van der Waals surface area (Å²) in [5, 5.41) is 11.1. The van der Waals surface area contributed by atoms with E-state index in [1.165, 1.54) is 11.8 Å². The summed E-state index contributed by atoms with van der Waals surface area (Å²) in [6.45, 7) is 2.03. The first-order valence-electron chi connectivity index (χ1n) is 8.85. The molecule has 0 amide bonds. The van der Waals surface area contributed by atoms with E-state index < -0.39 is 17.8 Å². The molecule has 1 aliphatic heterocycles. The van der Waals surface area contributed by atoms with Crippen LogP contribution >= 0.6 is 23.4 Å². The molecule has 0 aliphatic carbocycles. The summed E-state index contributed by atoms with van der Waals surface area (Å²) in [5.74, 6) is -1.59. The molecule has 0 aromatic heterocycles. The van der Waals surface area contributed by atoms with Crippen molar-refractivity contribution in [3.8, 4) is 6.07 Å². The number of rotatable bonds is 5. The fraction of sp³-hybridized carbons (Fsp3) is 0.227. The molecule has 4 nitrogen and oxygen atoms in total. The zero-order chi connectivity index (χ0) is 20.1. The lowest BCUT2D eigenvalue weighted by Crippen LogP contribution is -2.36. The van der Waals surface area contributed by atoms with Gasteiger partial charge in [-0.25, -0.2) is 4.99 Å². The highest BCUT2D eigenvalue weighted by Gasteiger charge is 2.42. The third-order valence-electron chi connectivity index (χ3n) is 4.54. The molecule has 142 valence electrons. The lowest BCUT2D eigenvalue weighted by molar-refractivity contribution is -0.145. The van der Waals surface area contributed by atoms with Gasteiger partial charge < -0.3 is 4.74 Å². The summed E-state index contributed by atoms with van der Waals surface area (Å²) in [7, 11) is 0. The van der Waals surface area contributed by atoms with Crippen LogP contribution in [0.1, 0.15) is 24.0 Å². The first-order chi connectivity index (χ1) is 13.6. The maximum atomic E-state index is 13.0. The van der Waals surface area contributed by atoms with Crippen molar-refractivity contribution in [2.24, 2.45) is 10.9 Å². The number of carbonyl (C=O) groups is 1. The van der Waals surface area contributed by atoms with E-state index in [4.69, 9.17) is 21.3 Å². The molecule has 0 saturated heterocycles. The second kappa shape index (κ2) is 9.09. The van der Waals surface area contributed by atoms with Crippen molar-refractivity contribution in [3.05, 3.63) is 81.3 Å². The van der Waals surface area contributed by atoms with Gasteiger partial charge in [-0.05, 0) is 36.4 Å². The lowest BCUT2D eigenvalue weighted by atomic mass is 9.75. The lowest BCUT2D eigenvalue weighted by Gasteiger charge is -2.31. The van der Waals surface area contributed by atoms with Crippen LogP contribution in [-0.2, 0) is 9.53 Å². The molecule has 2 atom stereocenters. The van der Waals surface area contributed by atoms with Gasteiger partial charge in [0.15, 0.2) is 0 Å². The molecule has 6 heteroatoms. The molecule has 1 aliphatic rings. The fourth-order valence-corrected chi connectivity index (χ4v) is 4.04. The Kier molecular flexibility index (Phi) is 6.56. The van der Waals surface area contributed by atoms with Gasteiger partial charge in [-0.1, -0.05) is 54.1 Å². The van der Waals surface area contributed by atoms with E-state index in [0.29, 0.717) is 21.3 Å². The Morgan fingerprint density at radius 1 is 1.21 bits per heavy atom. The Labute approximate surface area is 173 Å². The molecular formula is C22H19ClN2O2S. The monoisotopic (exact) mass is 410 g/mol. The maximum Gasteiger partial charge on any atom is 0.316 e. The van der Waals surface area contributed by atoms with Gasteiger partial charge >= 0.3 is 5.97 Å². The number of ether oxygens (including phenoxy) is 1. The van der Waals surface area contributed by atoms with Crippen LogP contribution in [0.3, 0.4) is 0 Å². The standard InChI is InChI=1S/C22H19ClN2O2S/c1-3-27-22(26)19-18(14-9-11-16(23)12-10-14)17(13-24)21(28-2)25-20(19)15-7-5-4-6-8-15/h4-12,18-19H,3H2,1-2H3. The van der Waals surface area contributed by atoms with Gasteiger partial charge in [0.1, 0.15) is 10.9 Å². The molecule has 28 heavy (non-hydrogen) atoms. The molecule has 0 bridgehead atoms. The van der Waals surface area contributed by atoms with E-state index in [0.717, 1.165) is 11.1 Å². The molecule has 0 saturated carbocycles. The minimum absolute atomic E-state index is 0.256. The number of carbonyl (C=O) groups excluding carboxylic acids is 1. The topological polar surface area (TPSA) is 62.4 Å². The van der Waals surface area contributed by atoms with Crippen molar-refractivity contribution in [2.75, 3.05) is 12.9 Å². The zero-order valence-corrected chi connectivity index (χ0v) is 17.1. The summed E-state index contributed by atoms with van der Waals surface area (Å²) in [4.78, 5) is 17.7. The van der Waals surface area contributed by atoms with Gasteiger partial charge in [0.2, 0.25) is 0 Å². The normalized spacial score (nSPS) is 19.0. The molecule has 0 fully saturated rings. The van der Waals surface area contributed by atoms with Crippen LogP contribution in [0.2, 0.25) is 5.02 Å². The molecule has 2 unspecified atom stereocenters. The number of hydrogen-bond acceptors (Lipinski definition) is 5. The largest absolute Gasteiger partial charge is 0.465 e. The first-order valence-corrected chi connectivity index (χ1v) is 10.4. The van der Waals surface area contributed by atoms with Crippen LogP contribution in [0.4, 0.5) is 0 Å². The highest BCUT2D eigenvalue weighted by atomic mass is 35.5. The number of thioether (sulfide) groups is 1. The molecule has 0 N–H and O–H groups in total. The zero-order valence-electron chi connectivity index (χ0n) is 15.6. The Morgan fingerprint density at radius 3 is 2.46 bits per heavy atom. The van der Waals surface area contributed by atoms with Gasteiger partial charge in [-0.15, -0.1) is 11.8 Å². The van der Waals surface area contributed by atoms with Gasteiger partial charge in [-0.2, -0.15) is 5.26 Å². The molecule has 2 aromatic carbocycles. The van der Waals surface area contributed by atoms with Gasteiger partial charge in [0, 0.05) is 10.9 Å². The Bertz CT molecular complexity index is 962. The highest BCUT2D eigenvalue weighted by Crippen LogP contribution is 2.43. The van der Waals surface area contributed by atoms with Crippen molar-refractivity contribution >= 4 is 35.0 Å². The Morgan fingerprint density at radius 2 is 1.89 bits per heavy atom. The molecule has 0 spiro atoms. The summed E-state index contributed by atoms with van der Waals surface area (Å²) in [6.07, 6.45) is 1.88. The average molecular weight is 411 g/mol. The smallest absolute Gasteiger partial charge is 0.316 e. The average Bonchev–Trinajstić information content (AvgIpc) is 2.73. The number of hydrogen-bond donors (Lipinski definition) is 0. The van der Waals surface area contributed by atoms with Crippen LogP contribution in [0.5, 0.6) is 0 Å². The minimum atomic E-state index is -0.714. The molecular weight excluding hydrogens is 392 g/mol. The summed E-state index contributed by atoms with van der Waals surface area (Å²) >= 11 is 7.45. The van der Waals surface area contributed by atoms with Gasteiger partial charge in [0.25, 0.3) is 0 Å². The molecule has 3 rings (SSSR count). The van der Waals surface area contributed by atoms with E-state index in [1.54, 1.807) is 19.1 Å². The maximum absolute atomic E-state index is 13.0. The van der Waals surface area contributed by atoms with Crippen LogP contribution in [-0.4, -0.2) is 24.5 Å². The number of nitriles is 1. The van der Waals surface area contributed by atoms with Crippen molar-refractivity contribution in [3.63, 3.8) is 0 Å². The van der Waals surface area contributed by atoms with Gasteiger partial charge in [0.05, 0.1) is 24.0 Å². The summed E-state index contributed by atoms with van der Waals surface area (Å²) < 4.78 is 5.39. The van der Waals surface area contributed by atoms with Crippen LogP contribution in [0, 0.1) is 17.2 Å². The van der Waals surface area contributed by atoms with Crippen molar-refractivity contribution in [1.82, 2.24) is 0 Å². The quantitative estimate of drug-likeness (QED) is 0.635. The third kappa shape index (κ3) is 3.99. The number of benzene rings is 2. The Hall–Kier alpha value is -2.55. The predicted octanol–water partition coefficient (Wildman–Crippen LogP) is 5.20. The predicted molar refractivity (Wildman–Crippen MR) is 113 cm³/mol. The number of esters is 1. The molecule has 0 radical (unpaired) electrons. The summed E-state index contributed by atoms with van der Waals surface area (Å²) in [5.41, 5.74) is 2.74. The molecule has 2 aromatic rings. The Balaban J connectivity index is 2.25. The summed E-state index contributed by atoms with van der Waals surface area (Å²) in [6, 6.07) is 19.1. The van der Waals surface area contributed by atoms with Crippen molar-refractivity contribution in [2.45, 2.75) is 12.8 Å². The number of allylic oxidation sites excluding steroid dienone is 1. The number of aliphatic imine (C=N–C) groups is 1. The third-order valence-corrected chi connectivity index (χ3v) is 5.49. The highest BCUT2D eigenvalue weighted by molar-refractivity contribution is 8.02.